The van der Waals surface area contributed by atoms with Crippen LogP contribution in [0.15, 0.2) is 69.3 Å². The molecule has 0 saturated heterocycles. The summed E-state index contributed by atoms with van der Waals surface area (Å²) in [6.45, 7) is 5.92. The number of nitrogens with zero attached hydrogens (tertiary/aromatic N) is 2. The molecule has 142 valence electrons. The molecule has 0 bridgehead atoms. The van der Waals surface area contributed by atoms with Gasteiger partial charge in [0.25, 0.3) is 10.0 Å². The molecule has 3 aromatic rings. The Labute approximate surface area is 162 Å². The second-order valence-electron chi connectivity index (χ2n) is 6.07. The number of rotatable bonds is 5. The van der Waals surface area contributed by atoms with Crippen LogP contribution in [0.4, 0.5) is 0 Å². The van der Waals surface area contributed by atoms with Crippen LogP contribution in [-0.2, 0) is 26.4 Å². The Morgan fingerprint density at radius 3 is 2.30 bits per heavy atom. The number of fused-ring (bicyclic) bond motifs is 1. The van der Waals surface area contributed by atoms with Crippen LogP contribution in [0, 0.1) is 6.92 Å². The van der Waals surface area contributed by atoms with Gasteiger partial charge in [0.15, 0.2) is 9.84 Å². The van der Waals surface area contributed by atoms with Gasteiger partial charge in [0.2, 0.25) is 4.80 Å². The van der Waals surface area contributed by atoms with Crippen LogP contribution >= 0.6 is 11.3 Å². The molecule has 0 saturated carbocycles. The summed E-state index contributed by atoms with van der Waals surface area (Å²) in [7, 11) is -7.26. The average molecular weight is 423 g/mol. The normalized spacial score (nSPS) is 13.2. The summed E-state index contributed by atoms with van der Waals surface area (Å²) in [5.74, 6) is 0. The molecule has 0 unspecified atom stereocenters. The first-order chi connectivity index (χ1) is 12.6. The largest absolute Gasteiger partial charge is 0.312 e. The molecule has 3 rings (SSSR count). The van der Waals surface area contributed by atoms with Gasteiger partial charge >= 0.3 is 0 Å². The lowest BCUT2D eigenvalue weighted by atomic mass is 10.2. The number of sulfonamides is 1. The molecule has 0 fully saturated rings. The van der Waals surface area contributed by atoms with E-state index in [4.69, 9.17) is 0 Å². The predicted octanol–water partition coefficient (Wildman–Crippen LogP) is 2.89. The molecule has 2 aromatic carbocycles. The SMILES string of the molecule is C=CCn1/c(=N/S(=O)(=O)c2ccc(C)cc2)sc2cc(S(C)(=O)=O)ccc21. The maximum absolute atomic E-state index is 12.7. The van der Waals surface area contributed by atoms with Gasteiger partial charge in [0.1, 0.15) is 0 Å². The fraction of sp³-hybridized carbons (Fsp3) is 0.167. The lowest BCUT2D eigenvalue weighted by Crippen LogP contribution is -2.16. The standard InChI is InChI=1S/C18H18N2O4S3/c1-4-11-20-16-10-9-15(26(3,21)22)12-17(16)25-18(20)19-27(23,24)14-7-5-13(2)6-8-14/h4-10,12H,1,11H2,2-3H3/b19-18-. The number of aryl methyl sites for hydroxylation is 1. The van der Waals surface area contributed by atoms with Gasteiger partial charge in [-0.2, -0.15) is 8.42 Å². The lowest BCUT2D eigenvalue weighted by Gasteiger charge is -2.03. The number of hydrogen-bond donors (Lipinski definition) is 0. The highest BCUT2D eigenvalue weighted by molar-refractivity contribution is 7.90. The van der Waals surface area contributed by atoms with Gasteiger partial charge in [-0.3, -0.25) is 0 Å². The van der Waals surface area contributed by atoms with Gasteiger partial charge in [0.05, 0.1) is 20.0 Å². The molecule has 0 aliphatic heterocycles. The third-order valence-electron chi connectivity index (χ3n) is 3.91. The number of benzene rings is 2. The Morgan fingerprint density at radius 2 is 1.70 bits per heavy atom. The van der Waals surface area contributed by atoms with E-state index in [1.165, 1.54) is 24.3 Å². The number of thiazole rings is 1. The molecule has 6 nitrogen and oxygen atoms in total. The summed E-state index contributed by atoms with van der Waals surface area (Å²) in [6, 6.07) is 11.1. The van der Waals surface area contributed by atoms with Gasteiger partial charge in [-0.1, -0.05) is 35.1 Å². The van der Waals surface area contributed by atoms with Crippen molar-refractivity contribution in [3.8, 4) is 0 Å². The molecule has 0 radical (unpaired) electrons. The van der Waals surface area contributed by atoms with E-state index in [-0.39, 0.29) is 14.6 Å². The van der Waals surface area contributed by atoms with E-state index in [1.807, 2.05) is 6.92 Å². The molecular weight excluding hydrogens is 404 g/mol. The zero-order valence-corrected chi connectivity index (χ0v) is 17.2. The molecule has 0 spiro atoms. The van der Waals surface area contributed by atoms with Crippen molar-refractivity contribution in [1.29, 1.82) is 0 Å². The lowest BCUT2D eigenvalue weighted by molar-refractivity contribution is 0.595. The van der Waals surface area contributed by atoms with Crippen LogP contribution in [0.2, 0.25) is 0 Å². The first-order valence-electron chi connectivity index (χ1n) is 7.94. The second kappa shape index (κ2) is 7.06. The van der Waals surface area contributed by atoms with E-state index >= 15 is 0 Å². The average Bonchev–Trinajstić information content (AvgIpc) is 2.91. The first kappa shape index (κ1) is 19.5. The third-order valence-corrected chi connectivity index (χ3v) is 7.46. The molecule has 27 heavy (non-hydrogen) atoms. The van der Waals surface area contributed by atoms with Crippen LogP contribution in [0.5, 0.6) is 0 Å². The Hall–Kier alpha value is -2.23. The van der Waals surface area contributed by atoms with E-state index in [0.717, 1.165) is 23.2 Å². The van der Waals surface area contributed by atoms with Crippen molar-refractivity contribution < 1.29 is 16.8 Å². The molecule has 0 N–H and O–H groups in total. The van der Waals surface area contributed by atoms with Gasteiger partial charge in [-0.25, -0.2) is 8.42 Å². The van der Waals surface area contributed by atoms with E-state index in [2.05, 4.69) is 11.0 Å². The molecule has 9 heteroatoms. The smallest absolute Gasteiger partial charge is 0.285 e. The van der Waals surface area contributed by atoms with Gasteiger partial charge in [-0.15, -0.1) is 11.0 Å². The number of sulfone groups is 1. The van der Waals surface area contributed by atoms with Crippen LogP contribution < -0.4 is 4.80 Å². The van der Waals surface area contributed by atoms with Crippen molar-refractivity contribution in [1.82, 2.24) is 4.57 Å². The second-order valence-corrected chi connectivity index (χ2v) is 10.7. The number of allylic oxidation sites excluding steroid dienone is 1. The molecule has 0 aliphatic carbocycles. The number of aromatic nitrogens is 1. The molecule has 1 aromatic heterocycles. The Morgan fingerprint density at radius 1 is 1.07 bits per heavy atom. The minimum absolute atomic E-state index is 0.104. The van der Waals surface area contributed by atoms with Crippen LogP contribution in [0.3, 0.4) is 0 Å². The number of hydrogen-bond acceptors (Lipinski definition) is 5. The van der Waals surface area contributed by atoms with Gasteiger partial charge in [-0.05, 0) is 37.3 Å². The van der Waals surface area contributed by atoms with Crippen LogP contribution in [0.1, 0.15) is 5.56 Å². The highest BCUT2D eigenvalue weighted by Crippen LogP contribution is 2.22. The molecule has 0 aliphatic rings. The minimum Gasteiger partial charge on any atom is -0.312 e. The fourth-order valence-corrected chi connectivity index (χ4v) is 5.53. The Balaban J connectivity index is 2.26. The maximum Gasteiger partial charge on any atom is 0.285 e. The van der Waals surface area contributed by atoms with Crippen molar-refractivity contribution in [2.24, 2.45) is 4.40 Å². The summed E-state index contributed by atoms with van der Waals surface area (Å²) >= 11 is 1.12. The van der Waals surface area contributed by atoms with Crippen molar-refractivity contribution >= 4 is 41.4 Å². The summed E-state index contributed by atoms with van der Waals surface area (Å²) in [6.07, 6.45) is 2.76. The highest BCUT2D eigenvalue weighted by Gasteiger charge is 2.16. The molecule has 1 heterocycles. The summed E-state index contributed by atoms with van der Waals surface area (Å²) in [5.41, 5.74) is 1.65. The van der Waals surface area contributed by atoms with Crippen molar-refractivity contribution in [3.05, 3.63) is 65.5 Å². The monoisotopic (exact) mass is 422 g/mol. The highest BCUT2D eigenvalue weighted by atomic mass is 32.2. The van der Waals surface area contributed by atoms with Crippen LogP contribution in [0.25, 0.3) is 10.2 Å². The quantitative estimate of drug-likeness (QED) is 0.592. The molecular formula is C18H18N2O4S3. The Kier molecular flexibility index (Phi) is 5.11. The predicted molar refractivity (Wildman–Crippen MR) is 107 cm³/mol. The zero-order valence-electron chi connectivity index (χ0n) is 14.8. The minimum atomic E-state index is -3.90. The Bertz CT molecular complexity index is 1300. The van der Waals surface area contributed by atoms with Crippen molar-refractivity contribution in [2.45, 2.75) is 23.3 Å². The van der Waals surface area contributed by atoms with E-state index in [0.29, 0.717) is 16.8 Å². The summed E-state index contributed by atoms with van der Waals surface area (Å²) in [5, 5.41) is 0. The zero-order chi connectivity index (χ0) is 19.8. The van der Waals surface area contributed by atoms with Gasteiger partial charge < -0.3 is 4.57 Å². The van der Waals surface area contributed by atoms with Crippen molar-refractivity contribution in [3.63, 3.8) is 0 Å². The molecule has 0 atom stereocenters. The summed E-state index contributed by atoms with van der Waals surface area (Å²) in [4.78, 5) is 0.540. The third kappa shape index (κ3) is 4.05. The van der Waals surface area contributed by atoms with Gasteiger partial charge in [0, 0.05) is 12.8 Å². The van der Waals surface area contributed by atoms with E-state index < -0.39 is 19.9 Å². The fourth-order valence-electron chi connectivity index (χ4n) is 2.53. The van der Waals surface area contributed by atoms with E-state index in [9.17, 15) is 16.8 Å². The van der Waals surface area contributed by atoms with Crippen molar-refractivity contribution in [2.75, 3.05) is 6.26 Å². The maximum atomic E-state index is 12.7. The van der Waals surface area contributed by atoms with E-state index in [1.54, 1.807) is 28.8 Å². The topological polar surface area (TPSA) is 85.6 Å². The van der Waals surface area contributed by atoms with Crippen LogP contribution in [-0.4, -0.2) is 27.7 Å². The molecule has 0 amide bonds. The first-order valence-corrected chi connectivity index (χ1v) is 12.1. The summed E-state index contributed by atoms with van der Waals surface area (Å²) < 4.78 is 55.3.